The van der Waals surface area contributed by atoms with Crippen molar-refractivity contribution in [1.82, 2.24) is 10.3 Å². The summed E-state index contributed by atoms with van der Waals surface area (Å²) >= 11 is 4.95. The van der Waals surface area contributed by atoms with Crippen LogP contribution >= 0.6 is 27.3 Å². The predicted octanol–water partition coefficient (Wildman–Crippen LogP) is 3.05. The molecular formula is C12H17BrN2OS. The maximum absolute atomic E-state index is 12.0. The first kappa shape index (κ1) is 13.0. The normalized spacial score (nSPS) is 16.9. The number of aromatic nitrogens is 1. The Kier molecular flexibility index (Phi) is 3.88. The average Bonchev–Trinajstić information content (AvgIpc) is 2.95. The van der Waals surface area contributed by atoms with Gasteiger partial charge in [0.25, 0.3) is 5.91 Å². The topological polar surface area (TPSA) is 42.0 Å². The maximum atomic E-state index is 12.0. The molecule has 94 valence electrons. The molecular weight excluding hydrogens is 300 g/mol. The zero-order chi connectivity index (χ0) is 12.5. The molecule has 5 heteroatoms. The minimum absolute atomic E-state index is 0.0361. The second kappa shape index (κ2) is 5.06. The van der Waals surface area contributed by atoms with Crippen molar-refractivity contribution in [3.05, 3.63) is 15.6 Å². The maximum Gasteiger partial charge on any atom is 0.263 e. The molecule has 2 rings (SSSR count). The molecule has 0 aromatic carbocycles. The van der Waals surface area contributed by atoms with Gasteiger partial charge >= 0.3 is 0 Å². The number of nitrogens with zero attached hydrogens (tertiary/aromatic N) is 1. The lowest BCUT2D eigenvalue weighted by Gasteiger charge is -2.13. The van der Waals surface area contributed by atoms with Crippen molar-refractivity contribution in [3.63, 3.8) is 0 Å². The molecule has 1 aromatic rings. The van der Waals surface area contributed by atoms with E-state index in [-0.39, 0.29) is 5.91 Å². The third-order valence-electron chi connectivity index (χ3n) is 3.32. The summed E-state index contributed by atoms with van der Waals surface area (Å²) in [6.45, 7) is 4.62. The number of hydrogen-bond donors (Lipinski definition) is 1. The Bertz CT molecular complexity index is 426. The Morgan fingerprint density at radius 3 is 2.71 bits per heavy atom. The van der Waals surface area contributed by atoms with E-state index < -0.39 is 0 Å². The van der Waals surface area contributed by atoms with Crippen LogP contribution in [0.15, 0.2) is 0 Å². The van der Waals surface area contributed by atoms with Crippen molar-refractivity contribution < 1.29 is 4.79 Å². The van der Waals surface area contributed by atoms with Crippen molar-refractivity contribution in [1.29, 1.82) is 0 Å². The Morgan fingerprint density at radius 2 is 2.24 bits per heavy atom. The van der Waals surface area contributed by atoms with Crippen LogP contribution in [0.25, 0.3) is 0 Å². The largest absolute Gasteiger partial charge is 0.351 e. The molecule has 1 N–H and O–H groups in total. The summed E-state index contributed by atoms with van der Waals surface area (Å²) in [7, 11) is 0. The molecule has 0 atom stereocenters. The van der Waals surface area contributed by atoms with Crippen molar-refractivity contribution in [2.45, 2.75) is 33.1 Å². The number of nitrogens with one attached hydrogen (secondary N) is 1. The summed E-state index contributed by atoms with van der Waals surface area (Å²) in [6, 6.07) is 0. The minimum Gasteiger partial charge on any atom is -0.351 e. The van der Waals surface area contributed by atoms with E-state index in [1.807, 2.05) is 13.8 Å². The number of aryl methyl sites for hydroxylation is 2. The number of rotatable bonds is 5. The van der Waals surface area contributed by atoms with E-state index in [0.29, 0.717) is 5.41 Å². The zero-order valence-corrected chi connectivity index (χ0v) is 12.6. The molecule has 1 fully saturated rings. The van der Waals surface area contributed by atoms with Gasteiger partial charge in [0.1, 0.15) is 4.88 Å². The van der Waals surface area contributed by atoms with E-state index in [1.54, 1.807) is 0 Å². The van der Waals surface area contributed by atoms with Crippen molar-refractivity contribution in [2.75, 3.05) is 11.9 Å². The van der Waals surface area contributed by atoms with E-state index in [9.17, 15) is 4.79 Å². The first-order valence-electron chi connectivity index (χ1n) is 5.84. The molecule has 1 amide bonds. The number of alkyl halides is 1. The molecule has 1 aliphatic carbocycles. The van der Waals surface area contributed by atoms with E-state index in [1.165, 1.54) is 24.2 Å². The molecule has 0 aliphatic heterocycles. The summed E-state index contributed by atoms with van der Waals surface area (Å²) in [5.74, 6) is 0.0361. The fourth-order valence-electron chi connectivity index (χ4n) is 1.98. The second-order valence-corrected chi connectivity index (χ2v) is 6.77. The molecule has 0 radical (unpaired) electrons. The highest BCUT2D eigenvalue weighted by molar-refractivity contribution is 9.09. The minimum atomic E-state index is 0.0361. The molecule has 0 saturated heterocycles. The SMILES string of the molecule is Cc1nc(C)c(C(=O)NCC2(CCBr)CC2)s1. The van der Waals surface area contributed by atoms with E-state index in [0.717, 1.165) is 33.9 Å². The van der Waals surface area contributed by atoms with Crippen LogP contribution < -0.4 is 5.32 Å². The monoisotopic (exact) mass is 316 g/mol. The molecule has 1 heterocycles. The molecule has 0 unspecified atom stereocenters. The van der Waals surface area contributed by atoms with Crippen molar-refractivity contribution in [2.24, 2.45) is 5.41 Å². The van der Waals surface area contributed by atoms with Gasteiger partial charge in [-0.1, -0.05) is 15.9 Å². The van der Waals surface area contributed by atoms with E-state index >= 15 is 0 Å². The van der Waals surface area contributed by atoms with Gasteiger partial charge < -0.3 is 5.32 Å². The Morgan fingerprint density at radius 1 is 1.53 bits per heavy atom. The first-order valence-corrected chi connectivity index (χ1v) is 7.78. The Balaban J connectivity index is 1.92. The second-order valence-electron chi connectivity index (χ2n) is 4.77. The summed E-state index contributed by atoms with van der Waals surface area (Å²) in [5, 5.41) is 5.02. The quantitative estimate of drug-likeness (QED) is 0.848. The third-order valence-corrected chi connectivity index (χ3v) is 4.78. The van der Waals surface area contributed by atoms with Crippen molar-refractivity contribution in [3.8, 4) is 0 Å². The van der Waals surface area contributed by atoms with Gasteiger partial charge in [-0.2, -0.15) is 0 Å². The number of amides is 1. The van der Waals surface area contributed by atoms with Crippen LogP contribution in [0.3, 0.4) is 0 Å². The van der Waals surface area contributed by atoms with Crippen LogP contribution in [0.2, 0.25) is 0 Å². The van der Waals surface area contributed by atoms with Gasteiger partial charge in [0.15, 0.2) is 0 Å². The molecule has 1 saturated carbocycles. The summed E-state index contributed by atoms with van der Waals surface area (Å²) in [6.07, 6.45) is 3.62. The number of carbonyl (C=O) groups is 1. The van der Waals surface area contributed by atoms with Crippen LogP contribution in [0, 0.1) is 19.3 Å². The summed E-state index contributed by atoms with van der Waals surface area (Å²) in [4.78, 5) is 17.0. The van der Waals surface area contributed by atoms with Gasteiger partial charge in [-0.15, -0.1) is 11.3 Å². The lowest BCUT2D eigenvalue weighted by atomic mass is 10.0. The highest BCUT2D eigenvalue weighted by Crippen LogP contribution is 2.48. The van der Waals surface area contributed by atoms with Crippen LogP contribution in [0.1, 0.15) is 39.6 Å². The smallest absolute Gasteiger partial charge is 0.263 e. The average molecular weight is 317 g/mol. The van der Waals surface area contributed by atoms with Crippen LogP contribution in [-0.4, -0.2) is 22.8 Å². The lowest BCUT2D eigenvalue weighted by molar-refractivity contribution is 0.0947. The van der Waals surface area contributed by atoms with Crippen molar-refractivity contribution >= 4 is 33.2 Å². The van der Waals surface area contributed by atoms with E-state index in [2.05, 4.69) is 26.2 Å². The number of carbonyl (C=O) groups excluding carboxylic acids is 1. The molecule has 0 spiro atoms. The van der Waals surface area contributed by atoms with Crippen LogP contribution in [-0.2, 0) is 0 Å². The van der Waals surface area contributed by atoms with Gasteiger partial charge in [-0.25, -0.2) is 4.98 Å². The molecule has 3 nitrogen and oxygen atoms in total. The first-order chi connectivity index (χ1) is 8.06. The standard InChI is InChI=1S/C12H17BrN2OS/c1-8-10(17-9(2)15-8)11(16)14-7-12(3-4-12)5-6-13/h3-7H2,1-2H3,(H,14,16). The Hall–Kier alpha value is -0.420. The molecule has 1 aliphatic rings. The lowest BCUT2D eigenvalue weighted by Crippen LogP contribution is -2.30. The van der Waals surface area contributed by atoms with E-state index in [4.69, 9.17) is 0 Å². The Labute approximate surface area is 114 Å². The van der Waals surface area contributed by atoms with Gasteiger partial charge in [-0.05, 0) is 38.5 Å². The zero-order valence-electron chi connectivity index (χ0n) is 10.2. The fraction of sp³-hybridized carbons (Fsp3) is 0.667. The molecule has 1 aromatic heterocycles. The van der Waals surface area contributed by atoms with Gasteiger partial charge in [0.05, 0.1) is 10.7 Å². The van der Waals surface area contributed by atoms with Gasteiger partial charge in [0, 0.05) is 11.9 Å². The number of thiazole rings is 1. The number of halogens is 1. The predicted molar refractivity (Wildman–Crippen MR) is 74.0 cm³/mol. The molecule has 0 bridgehead atoms. The van der Waals surface area contributed by atoms with Crippen LogP contribution in [0.4, 0.5) is 0 Å². The van der Waals surface area contributed by atoms with Crippen LogP contribution in [0.5, 0.6) is 0 Å². The molecule has 17 heavy (non-hydrogen) atoms. The summed E-state index contributed by atoms with van der Waals surface area (Å²) in [5.41, 5.74) is 1.21. The highest BCUT2D eigenvalue weighted by atomic mass is 79.9. The third kappa shape index (κ3) is 3.07. The number of hydrogen-bond acceptors (Lipinski definition) is 3. The van der Waals surface area contributed by atoms with Gasteiger partial charge in [-0.3, -0.25) is 4.79 Å². The van der Waals surface area contributed by atoms with Gasteiger partial charge in [0.2, 0.25) is 0 Å². The fourth-order valence-corrected chi connectivity index (χ4v) is 3.66. The highest BCUT2D eigenvalue weighted by Gasteiger charge is 2.41. The summed E-state index contributed by atoms with van der Waals surface area (Å²) < 4.78 is 0.